The number of nitro benzene ring substituents is 1. The molecule has 0 fully saturated rings. The molecule has 2 aromatic rings. The lowest BCUT2D eigenvalue weighted by molar-refractivity contribution is -0.384. The molecule has 3 rings (SSSR count). The number of aliphatic hydroxyl groups is 1. The number of aryl methyl sites for hydroxylation is 1. The highest BCUT2D eigenvalue weighted by molar-refractivity contribution is 6.33. The van der Waals surface area contributed by atoms with E-state index in [2.05, 4.69) is 5.32 Å². The first-order valence-corrected chi connectivity index (χ1v) is 8.27. The Morgan fingerprint density at radius 1 is 1.28 bits per heavy atom. The van der Waals surface area contributed by atoms with Gasteiger partial charge in [-0.3, -0.25) is 14.9 Å². The first kappa shape index (κ1) is 17.4. The molecule has 0 saturated carbocycles. The van der Waals surface area contributed by atoms with Crippen molar-refractivity contribution in [3.63, 3.8) is 0 Å². The number of halogens is 1. The smallest absolute Gasteiger partial charge is 0.270 e. The Kier molecular flexibility index (Phi) is 4.74. The van der Waals surface area contributed by atoms with Crippen LogP contribution in [0.4, 0.5) is 5.69 Å². The molecule has 0 saturated heterocycles. The highest BCUT2D eigenvalue weighted by Crippen LogP contribution is 2.28. The minimum Gasteiger partial charge on any atom is -0.388 e. The Morgan fingerprint density at radius 3 is 2.72 bits per heavy atom. The van der Waals surface area contributed by atoms with Crippen LogP contribution in [0.5, 0.6) is 0 Å². The average Bonchev–Trinajstić information content (AvgIpc) is 2.60. The second-order valence-corrected chi connectivity index (χ2v) is 6.68. The number of hydrogen-bond acceptors (Lipinski definition) is 4. The Hall–Kier alpha value is -2.44. The van der Waals surface area contributed by atoms with Crippen molar-refractivity contribution >= 4 is 23.2 Å². The van der Waals surface area contributed by atoms with E-state index in [4.69, 9.17) is 11.6 Å². The molecule has 1 amide bonds. The van der Waals surface area contributed by atoms with Crippen LogP contribution in [-0.2, 0) is 12.8 Å². The molecule has 2 N–H and O–H groups in total. The minimum atomic E-state index is -1.04. The maximum Gasteiger partial charge on any atom is 0.270 e. The van der Waals surface area contributed by atoms with E-state index < -0.39 is 16.4 Å². The van der Waals surface area contributed by atoms with Gasteiger partial charge in [0.25, 0.3) is 11.6 Å². The van der Waals surface area contributed by atoms with E-state index >= 15 is 0 Å². The number of hydrogen-bond donors (Lipinski definition) is 2. The second-order valence-electron chi connectivity index (χ2n) is 6.27. The van der Waals surface area contributed by atoms with Gasteiger partial charge in [0, 0.05) is 25.1 Å². The SMILES string of the molecule is O=C(NCC1(O)CCc2ccccc2C1)c1cc([N+](=O)[O-])ccc1Cl. The highest BCUT2D eigenvalue weighted by Gasteiger charge is 2.32. The maximum absolute atomic E-state index is 12.3. The van der Waals surface area contributed by atoms with Crippen molar-refractivity contribution < 1.29 is 14.8 Å². The van der Waals surface area contributed by atoms with Crippen molar-refractivity contribution in [1.29, 1.82) is 0 Å². The zero-order valence-electron chi connectivity index (χ0n) is 13.4. The number of nitrogens with zero attached hydrogens (tertiary/aromatic N) is 1. The summed E-state index contributed by atoms with van der Waals surface area (Å²) in [4.78, 5) is 22.6. The zero-order valence-corrected chi connectivity index (χ0v) is 14.1. The molecule has 1 aliphatic rings. The summed E-state index contributed by atoms with van der Waals surface area (Å²) in [6, 6.07) is 11.6. The van der Waals surface area contributed by atoms with Crippen molar-refractivity contribution in [2.24, 2.45) is 0 Å². The van der Waals surface area contributed by atoms with Crippen LogP contribution in [0.3, 0.4) is 0 Å². The third kappa shape index (κ3) is 3.81. The zero-order chi connectivity index (χ0) is 18.0. The van der Waals surface area contributed by atoms with Crippen molar-refractivity contribution in [3.05, 3.63) is 74.3 Å². The number of rotatable bonds is 4. The average molecular weight is 361 g/mol. The summed E-state index contributed by atoms with van der Waals surface area (Å²) in [5.74, 6) is -0.541. The van der Waals surface area contributed by atoms with E-state index in [1.807, 2.05) is 24.3 Å². The van der Waals surface area contributed by atoms with Gasteiger partial charge in [0.1, 0.15) is 0 Å². The van der Waals surface area contributed by atoms with Gasteiger partial charge in [-0.2, -0.15) is 0 Å². The van der Waals surface area contributed by atoms with Gasteiger partial charge in [0.05, 0.1) is 21.1 Å². The first-order valence-electron chi connectivity index (χ1n) is 7.89. The molecule has 0 bridgehead atoms. The Bertz CT molecular complexity index is 840. The summed E-state index contributed by atoms with van der Waals surface area (Å²) in [5.41, 5.74) is 1.05. The van der Waals surface area contributed by atoms with Gasteiger partial charge in [-0.1, -0.05) is 35.9 Å². The lowest BCUT2D eigenvalue weighted by atomic mass is 9.80. The van der Waals surface area contributed by atoms with Crippen molar-refractivity contribution in [3.8, 4) is 0 Å². The number of nitro groups is 1. The highest BCUT2D eigenvalue weighted by atomic mass is 35.5. The number of non-ortho nitro benzene ring substituents is 1. The third-order valence-corrected chi connectivity index (χ3v) is 4.81. The third-order valence-electron chi connectivity index (χ3n) is 4.48. The summed E-state index contributed by atoms with van der Waals surface area (Å²) >= 11 is 5.97. The number of carbonyl (C=O) groups excluding carboxylic acids is 1. The van der Waals surface area contributed by atoms with Crippen LogP contribution >= 0.6 is 11.6 Å². The normalized spacial score (nSPS) is 19.1. The van der Waals surface area contributed by atoms with Crippen LogP contribution in [0.25, 0.3) is 0 Å². The first-order chi connectivity index (χ1) is 11.9. The van der Waals surface area contributed by atoms with E-state index in [1.54, 1.807) is 0 Å². The van der Waals surface area contributed by atoms with E-state index in [0.29, 0.717) is 12.8 Å². The molecule has 6 nitrogen and oxygen atoms in total. The summed E-state index contributed by atoms with van der Waals surface area (Å²) < 4.78 is 0. The molecule has 0 radical (unpaired) electrons. The largest absolute Gasteiger partial charge is 0.388 e. The summed E-state index contributed by atoms with van der Waals surface area (Å²) in [7, 11) is 0. The van der Waals surface area contributed by atoms with Crippen molar-refractivity contribution in [1.82, 2.24) is 5.32 Å². The Balaban J connectivity index is 1.71. The molecular weight excluding hydrogens is 344 g/mol. The molecule has 0 spiro atoms. The maximum atomic E-state index is 12.3. The Labute approximate surface area is 149 Å². The van der Waals surface area contributed by atoms with Gasteiger partial charge in [-0.05, 0) is 30.0 Å². The fraction of sp³-hybridized carbons (Fsp3) is 0.278. The summed E-state index contributed by atoms with van der Waals surface area (Å²) in [6.07, 6.45) is 1.72. The van der Waals surface area contributed by atoms with Gasteiger partial charge in [-0.15, -0.1) is 0 Å². The molecule has 7 heteroatoms. The molecular formula is C18H17ClN2O4. The molecule has 1 atom stereocenters. The fourth-order valence-electron chi connectivity index (χ4n) is 3.08. The lowest BCUT2D eigenvalue weighted by Crippen LogP contribution is -2.46. The van der Waals surface area contributed by atoms with E-state index in [1.165, 1.54) is 17.7 Å². The fourth-order valence-corrected chi connectivity index (χ4v) is 3.28. The number of carbonyl (C=O) groups is 1. The van der Waals surface area contributed by atoms with E-state index in [9.17, 15) is 20.0 Å². The number of amides is 1. The van der Waals surface area contributed by atoms with Gasteiger partial charge in [0.2, 0.25) is 0 Å². The minimum absolute atomic E-state index is 0.0238. The quantitative estimate of drug-likeness (QED) is 0.647. The van der Waals surface area contributed by atoms with Gasteiger partial charge in [-0.25, -0.2) is 0 Å². The van der Waals surface area contributed by atoms with Crippen molar-refractivity contribution in [2.75, 3.05) is 6.54 Å². The number of benzene rings is 2. The molecule has 0 aliphatic heterocycles. The Morgan fingerprint density at radius 2 is 2.00 bits per heavy atom. The topological polar surface area (TPSA) is 92.5 Å². The second kappa shape index (κ2) is 6.82. The van der Waals surface area contributed by atoms with Crippen molar-refractivity contribution in [2.45, 2.75) is 24.9 Å². The molecule has 2 aromatic carbocycles. The van der Waals surface area contributed by atoms with Crippen LogP contribution in [0.2, 0.25) is 5.02 Å². The van der Waals surface area contributed by atoms with Crippen LogP contribution in [-0.4, -0.2) is 28.1 Å². The molecule has 130 valence electrons. The van der Waals surface area contributed by atoms with Gasteiger partial charge < -0.3 is 10.4 Å². The molecule has 25 heavy (non-hydrogen) atoms. The van der Waals surface area contributed by atoms with Crippen LogP contribution in [0.15, 0.2) is 42.5 Å². The molecule has 1 aliphatic carbocycles. The monoisotopic (exact) mass is 360 g/mol. The van der Waals surface area contributed by atoms with Crippen LogP contribution < -0.4 is 5.32 Å². The van der Waals surface area contributed by atoms with Gasteiger partial charge >= 0.3 is 0 Å². The molecule has 0 heterocycles. The predicted molar refractivity (Wildman–Crippen MR) is 93.9 cm³/mol. The van der Waals surface area contributed by atoms with Gasteiger partial charge in [0.15, 0.2) is 0 Å². The van der Waals surface area contributed by atoms with E-state index in [-0.39, 0.29) is 22.8 Å². The predicted octanol–water partition coefficient (Wildman–Crippen LogP) is 2.90. The standard InChI is InChI=1S/C18H17ClN2O4/c19-16-6-5-14(21(24)25)9-15(16)17(22)20-11-18(23)8-7-12-3-1-2-4-13(12)10-18/h1-6,9,23H,7-8,10-11H2,(H,20,22). The summed E-state index contributed by atoms with van der Waals surface area (Å²) in [5, 5.41) is 24.4. The summed E-state index contributed by atoms with van der Waals surface area (Å²) in [6.45, 7) is 0.0548. The number of fused-ring (bicyclic) bond motifs is 1. The lowest BCUT2D eigenvalue weighted by Gasteiger charge is -2.33. The van der Waals surface area contributed by atoms with Crippen LogP contribution in [0, 0.1) is 10.1 Å². The molecule has 0 aromatic heterocycles. The number of nitrogens with one attached hydrogen (secondary N) is 1. The van der Waals surface area contributed by atoms with E-state index in [0.717, 1.165) is 18.1 Å². The molecule has 1 unspecified atom stereocenters. The van der Waals surface area contributed by atoms with Crippen LogP contribution in [0.1, 0.15) is 27.9 Å².